The first kappa shape index (κ1) is 23.9. The molecule has 1 aromatic heterocycles. The fourth-order valence-corrected chi connectivity index (χ4v) is 3.82. The van der Waals surface area contributed by atoms with Crippen LogP contribution in [0.4, 0.5) is 0 Å². The summed E-state index contributed by atoms with van der Waals surface area (Å²) in [6, 6.07) is 17.4. The topological polar surface area (TPSA) is 51.7 Å². The fraction of sp³-hybridized carbons (Fsp3) is 0.286. The van der Waals surface area contributed by atoms with Gasteiger partial charge in [-0.1, -0.05) is 30.2 Å². The molecule has 0 fully saturated rings. The summed E-state index contributed by atoms with van der Waals surface area (Å²) in [5, 5.41) is 0. The normalized spacial score (nSPS) is 11.3. The van der Waals surface area contributed by atoms with E-state index in [-0.39, 0.29) is 18.5 Å². The van der Waals surface area contributed by atoms with Gasteiger partial charge in [0.05, 0.1) is 20.8 Å². The Morgan fingerprint density at radius 1 is 1.06 bits per heavy atom. The van der Waals surface area contributed by atoms with Gasteiger partial charge in [0.15, 0.2) is 11.5 Å². The summed E-state index contributed by atoms with van der Waals surface area (Å²) >= 11 is 0. The Bertz CT molecular complexity index is 1090. The molecule has 3 aromatic rings. The van der Waals surface area contributed by atoms with Crippen LogP contribution in [-0.2, 0) is 6.42 Å². The first-order valence-corrected chi connectivity index (χ1v) is 11.0. The minimum atomic E-state index is -0.0549. The molecule has 0 bridgehead atoms. The summed E-state index contributed by atoms with van der Waals surface area (Å²) in [6.07, 6.45) is 12.0. The van der Waals surface area contributed by atoms with Crippen LogP contribution in [0.25, 0.3) is 11.1 Å². The number of ether oxygens (including phenoxy) is 2. The molecular formula is C28H30N2O3. The zero-order valence-electron chi connectivity index (χ0n) is 19.5. The van der Waals surface area contributed by atoms with E-state index in [1.54, 1.807) is 25.3 Å². The molecule has 170 valence electrons. The lowest BCUT2D eigenvalue weighted by Crippen LogP contribution is -2.39. The lowest BCUT2D eigenvalue weighted by molar-refractivity contribution is 0.0711. The minimum absolute atomic E-state index is 0.0377. The second kappa shape index (κ2) is 11.7. The van der Waals surface area contributed by atoms with Gasteiger partial charge in [0.1, 0.15) is 0 Å². The molecule has 0 saturated heterocycles. The molecule has 0 radical (unpaired) electrons. The van der Waals surface area contributed by atoms with Gasteiger partial charge in [-0.2, -0.15) is 0 Å². The first-order chi connectivity index (χ1) is 16.1. The number of rotatable bonds is 10. The maximum Gasteiger partial charge on any atom is 0.254 e. The summed E-state index contributed by atoms with van der Waals surface area (Å²) in [7, 11) is 3.22. The van der Waals surface area contributed by atoms with Crippen molar-refractivity contribution < 1.29 is 14.3 Å². The van der Waals surface area contributed by atoms with Crippen LogP contribution in [0.15, 0.2) is 67.0 Å². The van der Waals surface area contributed by atoms with E-state index in [0.717, 1.165) is 30.4 Å². The number of terminal acetylenes is 1. The number of aryl methyl sites for hydroxylation is 1. The van der Waals surface area contributed by atoms with Gasteiger partial charge in [0, 0.05) is 24.0 Å². The number of methoxy groups -OCH3 is 2. The molecule has 0 saturated carbocycles. The SMILES string of the molecule is C#CCN(C(=O)c1ccc(-c2ccc(OC)c(OC)c2)cc1)[C@H](C)CCCc1cccnc1. The maximum absolute atomic E-state index is 13.2. The zero-order valence-corrected chi connectivity index (χ0v) is 19.5. The minimum Gasteiger partial charge on any atom is -0.493 e. The van der Waals surface area contributed by atoms with Gasteiger partial charge in [-0.3, -0.25) is 9.78 Å². The Labute approximate surface area is 196 Å². The lowest BCUT2D eigenvalue weighted by Gasteiger charge is -2.28. The highest BCUT2D eigenvalue weighted by molar-refractivity contribution is 5.95. The number of nitrogens with zero attached hydrogens (tertiary/aromatic N) is 2. The van der Waals surface area contributed by atoms with Crippen molar-refractivity contribution in [1.29, 1.82) is 0 Å². The van der Waals surface area contributed by atoms with Crippen LogP contribution in [0.1, 0.15) is 35.7 Å². The molecule has 0 spiro atoms. The largest absolute Gasteiger partial charge is 0.493 e. The fourth-order valence-electron chi connectivity index (χ4n) is 3.82. The molecule has 3 rings (SSSR count). The standard InChI is InChI=1S/C28H30N2O3/c1-5-18-30(21(2)8-6-9-22-10-7-17-29-20-22)28(31)24-13-11-23(12-14-24)25-15-16-26(32-3)27(19-25)33-4/h1,7,10-17,19-21H,6,8-9,18H2,2-4H3/t21-/m1/s1. The number of benzene rings is 2. The van der Waals surface area contributed by atoms with Gasteiger partial charge >= 0.3 is 0 Å². The number of hydrogen-bond acceptors (Lipinski definition) is 4. The second-order valence-electron chi connectivity index (χ2n) is 7.89. The first-order valence-electron chi connectivity index (χ1n) is 11.0. The molecule has 2 aromatic carbocycles. The second-order valence-corrected chi connectivity index (χ2v) is 7.89. The predicted octanol–water partition coefficient (Wildman–Crippen LogP) is 5.25. The highest BCUT2D eigenvalue weighted by Crippen LogP contribution is 2.32. The van der Waals surface area contributed by atoms with Crippen molar-refractivity contribution in [2.45, 2.75) is 32.2 Å². The van der Waals surface area contributed by atoms with Crippen LogP contribution >= 0.6 is 0 Å². The number of pyridine rings is 1. The third kappa shape index (κ3) is 6.14. The van der Waals surface area contributed by atoms with Crippen LogP contribution < -0.4 is 9.47 Å². The Kier molecular flexibility index (Phi) is 8.49. The van der Waals surface area contributed by atoms with Crippen molar-refractivity contribution in [3.8, 4) is 35.0 Å². The van der Waals surface area contributed by atoms with E-state index >= 15 is 0 Å². The predicted molar refractivity (Wildman–Crippen MR) is 131 cm³/mol. The number of hydrogen-bond donors (Lipinski definition) is 0. The molecule has 0 aliphatic carbocycles. The maximum atomic E-state index is 13.2. The molecule has 0 unspecified atom stereocenters. The van der Waals surface area contributed by atoms with E-state index in [9.17, 15) is 4.79 Å². The molecule has 5 heteroatoms. The average molecular weight is 443 g/mol. The average Bonchev–Trinajstić information content (AvgIpc) is 2.87. The van der Waals surface area contributed by atoms with Crippen LogP contribution in [0, 0.1) is 12.3 Å². The number of aromatic nitrogens is 1. The van der Waals surface area contributed by atoms with E-state index in [1.807, 2.05) is 54.7 Å². The monoisotopic (exact) mass is 442 g/mol. The summed E-state index contributed by atoms with van der Waals surface area (Å²) < 4.78 is 10.7. The molecule has 0 aliphatic heterocycles. The van der Waals surface area contributed by atoms with Gasteiger partial charge in [-0.15, -0.1) is 6.42 Å². The van der Waals surface area contributed by atoms with Gasteiger partial charge in [-0.25, -0.2) is 0 Å². The van der Waals surface area contributed by atoms with Crippen LogP contribution in [-0.4, -0.2) is 42.6 Å². The molecule has 5 nitrogen and oxygen atoms in total. The van der Waals surface area contributed by atoms with Gasteiger partial charge in [0.2, 0.25) is 0 Å². The highest BCUT2D eigenvalue weighted by atomic mass is 16.5. The van der Waals surface area contributed by atoms with E-state index in [1.165, 1.54) is 5.56 Å². The van der Waals surface area contributed by atoms with Gasteiger partial charge < -0.3 is 14.4 Å². The number of amides is 1. The molecule has 33 heavy (non-hydrogen) atoms. The summed E-state index contributed by atoms with van der Waals surface area (Å²) in [5.41, 5.74) is 3.79. The van der Waals surface area contributed by atoms with Gasteiger partial charge in [-0.05, 0) is 73.2 Å². The zero-order chi connectivity index (χ0) is 23.6. The highest BCUT2D eigenvalue weighted by Gasteiger charge is 2.20. The van der Waals surface area contributed by atoms with Crippen molar-refractivity contribution >= 4 is 5.91 Å². The van der Waals surface area contributed by atoms with Crippen LogP contribution in [0.5, 0.6) is 11.5 Å². The van der Waals surface area contributed by atoms with Crippen molar-refractivity contribution in [1.82, 2.24) is 9.88 Å². The van der Waals surface area contributed by atoms with Crippen LogP contribution in [0.3, 0.4) is 0 Å². The summed E-state index contributed by atoms with van der Waals surface area (Å²) in [5.74, 6) is 3.92. The van der Waals surface area contributed by atoms with E-state index in [2.05, 4.69) is 23.9 Å². The summed E-state index contributed by atoms with van der Waals surface area (Å²) in [4.78, 5) is 19.2. The Morgan fingerprint density at radius 2 is 1.79 bits per heavy atom. The van der Waals surface area contributed by atoms with E-state index in [0.29, 0.717) is 17.1 Å². The Morgan fingerprint density at radius 3 is 2.42 bits per heavy atom. The smallest absolute Gasteiger partial charge is 0.254 e. The van der Waals surface area contributed by atoms with Crippen molar-refractivity contribution in [3.05, 3.63) is 78.1 Å². The van der Waals surface area contributed by atoms with Crippen LogP contribution in [0.2, 0.25) is 0 Å². The van der Waals surface area contributed by atoms with Crippen molar-refractivity contribution in [2.75, 3.05) is 20.8 Å². The molecule has 1 amide bonds. The molecular weight excluding hydrogens is 412 g/mol. The summed E-state index contributed by atoms with van der Waals surface area (Å²) in [6.45, 7) is 2.33. The molecule has 0 aliphatic rings. The number of carbonyl (C=O) groups is 1. The number of carbonyl (C=O) groups excluding carboxylic acids is 1. The third-order valence-electron chi connectivity index (χ3n) is 5.71. The van der Waals surface area contributed by atoms with E-state index < -0.39 is 0 Å². The quantitative estimate of drug-likeness (QED) is 0.402. The molecule has 0 N–H and O–H groups in total. The third-order valence-corrected chi connectivity index (χ3v) is 5.71. The lowest BCUT2D eigenvalue weighted by atomic mass is 10.0. The molecule has 1 heterocycles. The van der Waals surface area contributed by atoms with Crippen molar-refractivity contribution in [2.24, 2.45) is 0 Å². The van der Waals surface area contributed by atoms with Crippen molar-refractivity contribution in [3.63, 3.8) is 0 Å². The molecule has 1 atom stereocenters. The van der Waals surface area contributed by atoms with E-state index in [4.69, 9.17) is 15.9 Å². The Hall–Kier alpha value is -3.78. The van der Waals surface area contributed by atoms with Gasteiger partial charge in [0.25, 0.3) is 5.91 Å². The Balaban J connectivity index is 1.69.